The van der Waals surface area contributed by atoms with Gasteiger partial charge in [0.15, 0.2) is 0 Å². The fourth-order valence-corrected chi connectivity index (χ4v) is 24.2. The normalized spacial score (nSPS) is 39.1. The van der Waals surface area contributed by atoms with E-state index in [1.54, 1.807) is 43.5 Å². The number of phenols is 3. The third-order valence-electron chi connectivity index (χ3n) is 27.2. The lowest BCUT2D eigenvalue weighted by molar-refractivity contribution is -0.213. The highest BCUT2D eigenvalue weighted by Crippen LogP contribution is 2.85. The van der Waals surface area contributed by atoms with Crippen molar-refractivity contribution in [2.24, 2.45) is 69.5 Å². The molecular formula is C78H90N2O11. The van der Waals surface area contributed by atoms with Crippen molar-refractivity contribution >= 4 is 10.8 Å². The maximum Gasteiger partial charge on any atom is 0.149 e. The number of fused-ring (bicyclic) bond motifs is 7. The minimum absolute atomic E-state index is 0.0302. The molecule has 91 heavy (non-hydrogen) atoms. The first-order chi connectivity index (χ1) is 44.4. The highest BCUT2D eigenvalue weighted by atomic mass is 16.5. The van der Waals surface area contributed by atoms with Gasteiger partial charge in [0.05, 0.1) is 54.2 Å². The predicted molar refractivity (Wildman–Crippen MR) is 345 cm³/mol. The Morgan fingerprint density at radius 1 is 0.758 bits per heavy atom. The molecule has 0 aromatic heterocycles. The lowest BCUT2D eigenvalue weighted by Crippen LogP contribution is -2.83. The Labute approximate surface area is 535 Å². The fourth-order valence-electron chi connectivity index (χ4n) is 24.2. The summed E-state index contributed by atoms with van der Waals surface area (Å²) in [5, 5.41) is 70.5. The molecule has 5 aromatic rings. The van der Waals surface area contributed by atoms with Crippen molar-refractivity contribution in [3.05, 3.63) is 113 Å². The smallest absolute Gasteiger partial charge is 0.149 e. The molecule has 13 heteroatoms. The van der Waals surface area contributed by atoms with Crippen molar-refractivity contribution in [1.29, 1.82) is 0 Å². The van der Waals surface area contributed by atoms with E-state index in [0.29, 0.717) is 90.0 Å². The first kappa shape index (κ1) is 57.7. The van der Waals surface area contributed by atoms with Gasteiger partial charge in [0.2, 0.25) is 0 Å². The second kappa shape index (κ2) is 21.5. The van der Waals surface area contributed by atoms with Crippen molar-refractivity contribution in [3.8, 4) is 63.2 Å². The van der Waals surface area contributed by atoms with Crippen LogP contribution in [0.3, 0.4) is 0 Å². The number of hydrogen-bond acceptors (Lipinski definition) is 13. The van der Waals surface area contributed by atoms with Crippen LogP contribution in [0.2, 0.25) is 0 Å². The summed E-state index contributed by atoms with van der Waals surface area (Å²) in [5.74, 6) is 11.3. The average Bonchev–Trinajstić information content (AvgIpc) is 1.50. The zero-order chi connectivity index (χ0) is 61.2. The number of phenolic OH excluding ortho intramolecular Hbond substituents is 3. The second-order valence-corrected chi connectivity index (χ2v) is 31.0. The van der Waals surface area contributed by atoms with Crippen LogP contribution >= 0.6 is 0 Å². The molecule has 15 aliphatic rings. The Kier molecular flexibility index (Phi) is 13.6. The molecule has 5 spiro atoms. The van der Waals surface area contributed by atoms with E-state index in [0.717, 1.165) is 77.1 Å². The standard InChI is InChI=1S/C78H90N2O11/c1-86-30-9-16-64-67(62-42-88-69-47(36-55(39-60(69)68(62)85)89-54-14-2-3-15-54)32-46-35-52(82)19-22-56(46)44-10-6-13-51(81)34-44)71-61-40-65(59-38-53(83)20-23-57(59)70(61)90-64)87-31-8-12-50-41-79-77(80-78(50)49-18-21-58(63(84)37-49)73(78)91-71)43-74(25-4-5-26-74)76-29-28-75-27-7-11-48(75)33-45(72(76)77)17-24-66(75)76/h6,10,13,18-23,34-36,38-40,45,48-50,54,58,62-64,66-68,71-73,79-85H,2-5,7,9,11,14-17,24-33,37,41-43H2,1H3. The van der Waals surface area contributed by atoms with E-state index < -0.39 is 47.9 Å². The van der Waals surface area contributed by atoms with E-state index >= 15 is 0 Å². The van der Waals surface area contributed by atoms with Crippen LogP contribution in [-0.2, 0) is 15.9 Å². The molecule has 18 unspecified atom stereocenters. The van der Waals surface area contributed by atoms with Crippen molar-refractivity contribution in [3.63, 3.8) is 0 Å². The number of aliphatic hydroxyl groups excluding tert-OH is 2. The Morgan fingerprint density at radius 2 is 1.62 bits per heavy atom. The summed E-state index contributed by atoms with van der Waals surface area (Å²) < 4.78 is 43.1. The molecule has 4 aliphatic heterocycles. The van der Waals surface area contributed by atoms with Gasteiger partial charge in [-0.15, -0.1) is 0 Å². The molecule has 8 bridgehead atoms. The molecule has 10 fully saturated rings. The fraction of sp³-hybridized carbons (Fsp3) is 0.590. The number of benzene rings is 5. The number of aliphatic hydroxyl groups is 2. The number of rotatable bonds is 10. The average molecular weight is 1230 g/mol. The molecule has 11 aliphatic carbocycles. The van der Waals surface area contributed by atoms with Gasteiger partial charge in [-0.25, -0.2) is 0 Å². The monoisotopic (exact) mass is 1230 g/mol. The molecule has 9 saturated carbocycles. The van der Waals surface area contributed by atoms with Gasteiger partial charge >= 0.3 is 0 Å². The Bertz CT molecular complexity index is 3810. The molecule has 7 N–H and O–H groups in total. The van der Waals surface area contributed by atoms with Crippen LogP contribution in [0.15, 0.2) is 91.0 Å². The molecule has 0 radical (unpaired) electrons. The Balaban J connectivity index is 0.799. The summed E-state index contributed by atoms with van der Waals surface area (Å²) in [6.45, 7) is 1.47. The third-order valence-corrected chi connectivity index (χ3v) is 27.2. The lowest BCUT2D eigenvalue weighted by atomic mass is 9.48. The van der Waals surface area contributed by atoms with Crippen LogP contribution in [0, 0.1) is 81.3 Å². The maximum atomic E-state index is 13.9. The summed E-state index contributed by atoms with van der Waals surface area (Å²) in [7, 11) is 1.74. The number of nitrogens with one attached hydrogen (secondary N) is 2. The number of hydrogen-bond donors (Lipinski definition) is 7. The molecule has 20 rings (SSSR count). The van der Waals surface area contributed by atoms with Crippen molar-refractivity contribution in [2.45, 2.75) is 183 Å². The van der Waals surface area contributed by atoms with Gasteiger partial charge in [-0.05, 0) is 226 Å². The Morgan fingerprint density at radius 3 is 2.47 bits per heavy atom. The lowest BCUT2D eigenvalue weighted by Gasteiger charge is -2.66. The van der Waals surface area contributed by atoms with Gasteiger partial charge in [0, 0.05) is 77.8 Å². The molecule has 478 valence electrons. The van der Waals surface area contributed by atoms with Crippen molar-refractivity contribution in [1.82, 2.24) is 10.6 Å². The molecule has 18 atom stereocenters. The SMILES string of the molecule is COCCCC1Oc2c3cc(c4cc(O)ccc24)OCC#CC2CNC4(CC5(CCCC5)C56CCC78CCCC7CC(CCC85)C46)NC24C2C=CC(C(O)C2)C4OC3C1C1COc2c(Cc3cc(O)ccc3-c3cccc(O)c3)cc(OC3CCCC3)cc2C1O. The number of methoxy groups -OCH3 is 1. The van der Waals surface area contributed by atoms with Crippen LogP contribution in [0.1, 0.15) is 163 Å². The topological polar surface area (TPSA) is 181 Å². The van der Waals surface area contributed by atoms with E-state index in [-0.39, 0.29) is 70.8 Å². The van der Waals surface area contributed by atoms with E-state index in [2.05, 4.69) is 41.4 Å². The summed E-state index contributed by atoms with van der Waals surface area (Å²) in [5.41, 5.74) is 4.69. The summed E-state index contributed by atoms with van der Waals surface area (Å²) in [6, 6.07) is 24.0. The molecule has 4 heterocycles. The van der Waals surface area contributed by atoms with Gasteiger partial charge in [-0.1, -0.05) is 61.5 Å². The minimum atomic E-state index is -1.08. The zero-order valence-electron chi connectivity index (χ0n) is 52.7. The molecule has 1 saturated heterocycles. The quantitative estimate of drug-likeness (QED) is 0.0399. The van der Waals surface area contributed by atoms with Gasteiger partial charge in [0.1, 0.15) is 53.0 Å². The Hall–Kier alpha value is -5.98. The van der Waals surface area contributed by atoms with E-state index in [4.69, 9.17) is 33.7 Å². The highest BCUT2D eigenvalue weighted by Gasteiger charge is 2.82. The summed E-state index contributed by atoms with van der Waals surface area (Å²) >= 11 is 0. The zero-order valence-corrected chi connectivity index (χ0v) is 52.7. The third kappa shape index (κ3) is 8.49. The van der Waals surface area contributed by atoms with Crippen LogP contribution in [0.4, 0.5) is 0 Å². The van der Waals surface area contributed by atoms with Crippen LogP contribution < -0.4 is 29.6 Å². The summed E-state index contributed by atoms with van der Waals surface area (Å²) in [4.78, 5) is 0. The van der Waals surface area contributed by atoms with E-state index in [9.17, 15) is 25.5 Å². The van der Waals surface area contributed by atoms with Gasteiger partial charge in [-0.3, -0.25) is 10.6 Å². The largest absolute Gasteiger partial charge is 0.508 e. The summed E-state index contributed by atoms with van der Waals surface area (Å²) in [6.07, 6.45) is 24.9. The first-order valence-electron chi connectivity index (χ1n) is 35.3. The number of ether oxygens (including phenoxy) is 6. The van der Waals surface area contributed by atoms with E-state index in [1.807, 2.05) is 30.3 Å². The van der Waals surface area contributed by atoms with E-state index in [1.165, 1.54) is 77.0 Å². The number of aromatic hydroxyl groups is 3. The minimum Gasteiger partial charge on any atom is -0.508 e. The highest BCUT2D eigenvalue weighted by molar-refractivity contribution is 5.96. The molecular weight excluding hydrogens is 1140 g/mol. The van der Waals surface area contributed by atoms with Gasteiger partial charge in [-0.2, -0.15) is 0 Å². The van der Waals surface area contributed by atoms with Crippen LogP contribution in [0.25, 0.3) is 21.9 Å². The predicted octanol–water partition coefficient (Wildman–Crippen LogP) is 13.3. The van der Waals surface area contributed by atoms with Crippen LogP contribution in [-0.4, -0.2) is 94.6 Å². The molecule has 13 nitrogen and oxygen atoms in total. The van der Waals surface area contributed by atoms with Gasteiger partial charge in [0.25, 0.3) is 0 Å². The first-order valence-corrected chi connectivity index (χ1v) is 35.3. The van der Waals surface area contributed by atoms with Crippen molar-refractivity contribution < 1.29 is 54.0 Å². The van der Waals surface area contributed by atoms with Crippen LogP contribution in [0.5, 0.6) is 40.2 Å². The molecule has 0 amide bonds. The molecule has 5 aromatic carbocycles. The van der Waals surface area contributed by atoms with Gasteiger partial charge < -0.3 is 54.0 Å². The maximum absolute atomic E-state index is 13.9. The van der Waals surface area contributed by atoms with Crippen molar-refractivity contribution in [2.75, 3.05) is 33.5 Å². The second-order valence-electron chi connectivity index (χ2n) is 31.0.